The molecule has 0 aliphatic heterocycles. The van der Waals surface area contributed by atoms with Crippen LogP contribution >= 0.6 is 23.4 Å². The second-order valence-corrected chi connectivity index (χ2v) is 9.64. The second-order valence-electron chi connectivity index (χ2n) is 8.08. The van der Waals surface area contributed by atoms with Gasteiger partial charge in [-0.1, -0.05) is 86.7 Å². The summed E-state index contributed by atoms with van der Waals surface area (Å²) in [6.07, 6.45) is 6.29. The number of carbonyl (C=O) groups is 1. The van der Waals surface area contributed by atoms with Crippen LogP contribution in [0.4, 0.5) is 11.5 Å². The molecule has 1 N–H and O–H groups in total. The van der Waals surface area contributed by atoms with E-state index in [0.717, 1.165) is 29.7 Å². The number of ether oxygens (including phenoxy) is 1. The molecule has 3 rings (SSSR count). The van der Waals surface area contributed by atoms with Gasteiger partial charge in [0.2, 0.25) is 0 Å². The average Bonchev–Trinajstić information content (AvgIpc) is 2.87. The van der Waals surface area contributed by atoms with Crippen molar-refractivity contribution in [2.24, 2.45) is 0 Å². The predicted molar refractivity (Wildman–Crippen MR) is 142 cm³/mol. The molecule has 3 aromatic rings. The Labute approximate surface area is 216 Å². The van der Waals surface area contributed by atoms with Gasteiger partial charge in [-0.05, 0) is 41.8 Å². The smallest absolute Gasteiger partial charge is 0.319 e. The zero-order valence-corrected chi connectivity index (χ0v) is 21.5. The molecule has 0 radical (unpaired) electrons. The average molecular weight is 509 g/mol. The van der Waals surface area contributed by atoms with Crippen molar-refractivity contribution in [3.63, 3.8) is 0 Å². The molecule has 0 bridgehead atoms. The number of rotatable bonds is 12. The van der Waals surface area contributed by atoms with Crippen LogP contribution in [-0.4, -0.2) is 28.3 Å². The summed E-state index contributed by atoms with van der Waals surface area (Å²) in [7, 11) is 1.40. The number of carbonyl (C=O) groups excluding carboxylic acids is 1. The van der Waals surface area contributed by atoms with Crippen LogP contribution in [-0.2, 0) is 9.53 Å². The fourth-order valence-corrected chi connectivity index (χ4v) is 4.83. The van der Waals surface area contributed by atoms with Gasteiger partial charge in [0, 0.05) is 11.8 Å². The highest BCUT2D eigenvalue weighted by Gasteiger charge is 2.22. The van der Waals surface area contributed by atoms with Gasteiger partial charge >= 0.3 is 5.97 Å². The third-order valence-corrected chi connectivity index (χ3v) is 6.76. The van der Waals surface area contributed by atoms with Crippen LogP contribution in [0, 0.1) is 11.3 Å². The van der Waals surface area contributed by atoms with E-state index in [-0.39, 0.29) is 11.2 Å². The van der Waals surface area contributed by atoms with Gasteiger partial charge in [0.15, 0.2) is 5.16 Å². The van der Waals surface area contributed by atoms with E-state index < -0.39 is 0 Å². The maximum atomic E-state index is 12.3. The highest BCUT2D eigenvalue weighted by atomic mass is 35.5. The minimum Gasteiger partial charge on any atom is -0.468 e. The summed E-state index contributed by atoms with van der Waals surface area (Å²) in [6.45, 7) is 2.18. The van der Waals surface area contributed by atoms with E-state index in [0.29, 0.717) is 28.1 Å². The van der Waals surface area contributed by atoms with E-state index in [1.807, 2.05) is 36.4 Å². The molecule has 35 heavy (non-hydrogen) atoms. The van der Waals surface area contributed by atoms with Gasteiger partial charge in [-0.15, -0.1) is 0 Å². The minimum atomic E-state index is -0.375. The molecule has 2 aromatic carbocycles. The first-order valence-corrected chi connectivity index (χ1v) is 12.9. The highest BCUT2D eigenvalue weighted by Crippen LogP contribution is 2.29. The van der Waals surface area contributed by atoms with E-state index in [1.165, 1.54) is 38.1 Å². The van der Waals surface area contributed by atoms with E-state index in [1.54, 1.807) is 18.2 Å². The summed E-state index contributed by atoms with van der Waals surface area (Å²) in [5.74, 6) is 0.271. The van der Waals surface area contributed by atoms with Crippen molar-refractivity contribution in [1.82, 2.24) is 9.97 Å². The number of hydrogen-bond acceptors (Lipinski definition) is 7. The quantitative estimate of drug-likeness (QED) is 0.0895. The number of halogens is 1. The van der Waals surface area contributed by atoms with Gasteiger partial charge in [0.05, 0.1) is 18.7 Å². The SMILES string of the molecule is CCCCCCC[C@@H](Sc1nc(Cl)cc(Nc2ccc(-c3ccc(C#N)cc3)cc2)n1)C(=O)OC. The van der Waals surface area contributed by atoms with Gasteiger partial charge < -0.3 is 10.1 Å². The van der Waals surface area contributed by atoms with E-state index in [9.17, 15) is 4.79 Å². The molecule has 0 unspecified atom stereocenters. The van der Waals surface area contributed by atoms with Crippen molar-refractivity contribution in [2.75, 3.05) is 12.4 Å². The molecule has 0 aliphatic rings. The Balaban J connectivity index is 1.67. The Hall–Kier alpha value is -3.08. The number of esters is 1. The van der Waals surface area contributed by atoms with Crippen LogP contribution in [0.3, 0.4) is 0 Å². The van der Waals surface area contributed by atoms with Crippen molar-refractivity contribution < 1.29 is 9.53 Å². The van der Waals surface area contributed by atoms with Crippen molar-refractivity contribution in [3.05, 3.63) is 65.3 Å². The highest BCUT2D eigenvalue weighted by molar-refractivity contribution is 8.00. The number of nitrogens with zero attached hydrogens (tertiary/aromatic N) is 3. The molecule has 0 aliphatic carbocycles. The molecule has 0 saturated heterocycles. The number of hydrogen-bond donors (Lipinski definition) is 1. The van der Waals surface area contributed by atoms with Crippen LogP contribution in [0.1, 0.15) is 51.0 Å². The Bertz CT molecular complexity index is 1150. The van der Waals surface area contributed by atoms with Gasteiger partial charge in [0.25, 0.3) is 0 Å². The normalized spacial score (nSPS) is 11.5. The number of methoxy groups -OCH3 is 1. The van der Waals surface area contributed by atoms with Crippen molar-refractivity contribution >= 4 is 40.8 Å². The van der Waals surface area contributed by atoms with Gasteiger partial charge in [0.1, 0.15) is 16.2 Å². The molecule has 0 amide bonds. The number of aromatic nitrogens is 2. The first-order valence-electron chi connectivity index (χ1n) is 11.7. The number of thioether (sulfide) groups is 1. The van der Waals surface area contributed by atoms with Crippen LogP contribution in [0.2, 0.25) is 5.15 Å². The number of unbranched alkanes of at least 4 members (excludes halogenated alkanes) is 4. The Kier molecular flexibility index (Phi) is 10.4. The lowest BCUT2D eigenvalue weighted by atomic mass is 10.0. The molecular formula is C27H29ClN4O2S. The zero-order chi connectivity index (χ0) is 25.0. The molecule has 1 aromatic heterocycles. The standard InChI is InChI=1S/C27H29ClN4O2S/c1-3-4-5-6-7-8-23(26(33)34-2)35-27-31-24(28)17-25(32-27)30-22-15-13-21(14-16-22)20-11-9-19(18-29)10-12-20/h9-17,23H,3-8H2,1-2H3,(H,30,31,32)/t23-/m1/s1. The Morgan fingerprint density at radius 1 is 1.06 bits per heavy atom. The molecule has 1 heterocycles. The summed E-state index contributed by atoms with van der Waals surface area (Å²) >= 11 is 7.54. The van der Waals surface area contributed by atoms with Crippen LogP contribution < -0.4 is 5.32 Å². The van der Waals surface area contributed by atoms with Gasteiger partial charge in [-0.25, -0.2) is 9.97 Å². The summed E-state index contributed by atoms with van der Waals surface area (Å²) in [5.41, 5.74) is 3.54. The second kappa shape index (κ2) is 13.7. The van der Waals surface area contributed by atoms with Crippen LogP contribution in [0.15, 0.2) is 59.8 Å². The lowest BCUT2D eigenvalue weighted by Gasteiger charge is -2.14. The largest absolute Gasteiger partial charge is 0.468 e. The fraction of sp³-hybridized carbons (Fsp3) is 0.333. The van der Waals surface area contributed by atoms with Crippen molar-refractivity contribution in [3.8, 4) is 17.2 Å². The summed E-state index contributed by atoms with van der Waals surface area (Å²) in [6, 6.07) is 19.1. The molecule has 8 heteroatoms. The number of nitriles is 1. The fourth-order valence-electron chi connectivity index (χ4n) is 3.56. The summed E-state index contributed by atoms with van der Waals surface area (Å²) in [4.78, 5) is 21.2. The Morgan fingerprint density at radius 2 is 1.71 bits per heavy atom. The molecule has 0 saturated carbocycles. The van der Waals surface area contributed by atoms with Crippen LogP contribution in [0.5, 0.6) is 0 Å². The van der Waals surface area contributed by atoms with E-state index in [4.69, 9.17) is 21.6 Å². The first-order chi connectivity index (χ1) is 17.0. The third-order valence-electron chi connectivity index (χ3n) is 5.46. The number of benzene rings is 2. The van der Waals surface area contributed by atoms with E-state index >= 15 is 0 Å². The lowest BCUT2D eigenvalue weighted by molar-refractivity contribution is -0.140. The zero-order valence-electron chi connectivity index (χ0n) is 20.0. The molecule has 1 atom stereocenters. The maximum absolute atomic E-state index is 12.3. The topological polar surface area (TPSA) is 87.9 Å². The summed E-state index contributed by atoms with van der Waals surface area (Å²) in [5, 5.41) is 12.6. The molecule has 0 fully saturated rings. The van der Waals surface area contributed by atoms with Crippen LogP contribution in [0.25, 0.3) is 11.1 Å². The molecule has 0 spiro atoms. The number of nitrogens with one attached hydrogen (secondary N) is 1. The predicted octanol–water partition coefficient (Wildman–Crippen LogP) is 7.41. The summed E-state index contributed by atoms with van der Waals surface area (Å²) < 4.78 is 5.00. The van der Waals surface area contributed by atoms with E-state index in [2.05, 4.69) is 28.3 Å². The Morgan fingerprint density at radius 3 is 2.34 bits per heavy atom. The van der Waals surface area contributed by atoms with Crippen molar-refractivity contribution in [1.29, 1.82) is 5.26 Å². The minimum absolute atomic E-state index is 0.276. The van der Waals surface area contributed by atoms with Gasteiger partial charge in [-0.3, -0.25) is 4.79 Å². The van der Waals surface area contributed by atoms with Gasteiger partial charge in [-0.2, -0.15) is 5.26 Å². The first kappa shape index (κ1) is 26.5. The monoisotopic (exact) mass is 508 g/mol. The third kappa shape index (κ3) is 8.27. The number of anilines is 2. The molecular weight excluding hydrogens is 480 g/mol. The maximum Gasteiger partial charge on any atom is 0.319 e. The molecule has 182 valence electrons. The lowest BCUT2D eigenvalue weighted by Crippen LogP contribution is -2.19. The molecule has 6 nitrogen and oxygen atoms in total. The van der Waals surface area contributed by atoms with Crippen molar-refractivity contribution in [2.45, 2.75) is 55.9 Å².